The van der Waals surface area contributed by atoms with Gasteiger partial charge in [0.2, 0.25) is 0 Å². The van der Waals surface area contributed by atoms with Crippen molar-refractivity contribution in [1.29, 1.82) is 0 Å². The van der Waals surface area contributed by atoms with E-state index in [0.717, 1.165) is 0 Å². The summed E-state index contributed by atoms with van der Waals surface area (Å²) < 4.78 is 10.9. The van der Waals surface area contributed by atoms with E-state index in [1.807, 2.05) is 0 Å². The molecule has 1 aromatic rings. The molecule has 0 spiro atoms. The van der Waals surface area contributed by atoms with Gasteiger partial charge in [0.15, 0.2) is 11.5 Å². The number of thioether (sulfide) groups is 1. The highest BCUT2D eigenvalue weighted by Gasteiger charge is 2.31. The molecule has 26 heavy (non-hydrogen) atoms. The monoisotopic (exact) mass is 415 g/mol. The van der Waals surface area contributed by atoms with Gasteiger partial charge in [0, 0.05) is 13.0 Å². The summed E-state index contributed by atoms with van der Waals surface area (Å²) in [4.78, 5) is 25.1. The van der Waals surface area contributed by atoms with Crippen LogP contribution >= 0.6 is 35.6 Å². The smallest absolute Gasteiger partial charge is 0.303 e. The number of methoxy groups -OCH3 is 2. The molecule has 6 nitrogen and oxygen atoms in total. The van der Waals surface area contributed by atoms with Gasteiger partial charge in [-0.05, 0) is 36.6 Å². The van der Waals surface area contributed by atoms with Crippen molar-refractivity contribution in [1.82, 2.24) is 4.90 Å². The van der Waals surface area contributed by atoms with Gasteiger partial charge in [-0.1, -0.05) is 35.6 Å². The van der Waals surface area contributed by atoms with E-state index in [0.29, 0.717) is 50.7 Å². The van der Waals surface area contributed by atoms with Crippen LogP contribution in [0.1, 0.15) is 24.8 Å². The van der Waals surface area contributed by atoms with E-state index < -0.39 is 5.97 Å². The van der Waals surface area contributed by atoms with Crippen molar-refractivity contribution in [3.63, 3.8) is 0 Å². The standard InChI is InChI=1S/C17H18ClNO5S2/c1-23-12-8-10(7-11(18)15(12)24-2)9-13-16(22)19(17(25)26-13)6-4-3-5-14(20)21/h7-9H,3-6H2,1-2H3,(H,20,21)/b13-9-. The summed E-state index contributed by atoms with van der Waals surface area (Å²) in [6, 6.07) is 3.41. The van der Waals surface area contributed by atoms with E-state index in [4.69, 9.17) is 38.4 Å². The van der Waals surface area contributed by atoms with E-state index in [2.05, 4.69) is 0 Å². The number of thiocarbonyl (C=S) groups is 1. The van der Waals surface area contributed by atoms with Gasteiger partial charge in [0.1, 0.15) is 4.32 Å². The predicted octanol–water partition coefficient (Wildman–Crippen LogP) is 3.81. The van der Waals surface area contributed by atoms with Crippen LogP contribution in [0.15, 0.2) is 17.0 Å². The molecule has 1 aromatic carbocycles. The lowest BCUT2D eigenvalue weighted by Gasteiger charge is -2.13. The Bertz CT molecular complexity index is 766. The number of hydrogen-bond acceptors (Lipinski definition) is 6. The molecule has 0 radical (unpaired) electrons. The van der Waals surface area contributed by atoms with Crippen LogP contribution in [-0.4, -0.2) is 47.0 Å². The highest BCUT2D eigenvalue weighted by molar-refractivity contribution is 8.26. The fourth-order valence-corrected chi connectivity index (χ4v) is 4.02. The van der Waals surface area contributed by atoms with Gasteiger partial charge >= 0.3 is 5.97 Å². The van der Waals surface area contributed by atoms with Crippen LogP contribution in [0.25, 0.3) is 6.08 Å². The average molecular weight is 416 g/mol. The van der Waals surface area contributed by atoms with Crippen LogP contribution in [0.4, 0.5) is 0 Å². The molecule has 0 atom stereocenters. The molecule has 9 heteroatoms. The molecule has 0 saturated carbocycles. The number of carboxylic acids is 1. The number of carbonyl (C=O) groups is 2. The summed E-state index contributed by atoms with van der Waals surface area (Å²) in [5.41, 5.74) is 0.694. The van der Waals surface area contributed by atoms with Crippen LogP contribution in [0.2, 0.25) is 5.02 Å². The van der Waals surface area contributed by atoms with Crippen molar-refractivity contribution in [2.24, 2.45) is 0 Å². The van der Waals surface area contributed by atoms with Gasteiger partial charge < -0.3 is 14.6 Å². The maximum Gasteiger partial charge on any atom is 0.303 e. The summed E-state index contributed by atoms with van der Waals surface area (Å²) in [5, 5.41) is 9.05. The highest BCUT2D eigenvalue weighted by Crippen LogP contribution is 2.38. The lowest BCUT2D eigenvalue weighted by atomic mass is 10.1. The highest BCUT2D eigenvalue weighted by atomic mass is 35.5. The fraction of sp³-hybridized carbons (Fsp3) is 0.353. The first-order chi connectivity index (χ1) is 12.4. The molecule has 1 N–H and O–H groups in total. The van der Waals surface area contributed by atoms with E-state index in [9.17, 15) is 9.59 Å². The molecular weight excluding hydrogens is 398 g/mol. The molecule has 0 aliphatic carbocycles. The maximum atomic E-state index is 12.6. The largest absolute Gasteiger partial charge is 0.493 e. The molecule has 1 saturated heterocycles. The molecule has 0 aromatic heterocycles. The minimum atomic E-state index is -0.847. The van der Waals surface area contributed by atoms with Gasteiger partial charge in [0.05, 0.1) is 24.1 Å². The first kappa shape index (κ1) is 20.5. The summed E-state index contributed by atoms with van der Waals surface area (Å²) in [7, 11) is 3.01. The third-order valence-electron chi connectivity index (χ3n) is 3.65. The van der Waals surface area contributed by atoms with Gasteiger partial charge in [0.25, 0.3) is 5.91 Å². The van der Waals surface area contributed by atoms with Gasteiger partial charge in [-0.15, -0.1) is 0 Å². The third kappa shape index (κ3) is 4.90. The molecule has 2 rings (SSSR count). The molecule has 1 heterocycles. The quantitative estimate of drug-likeness (QED) is 0.393. The first-order valence-corrected chi connectivity index (χ1v) is 9.36. The Labute approximate surface area is 166 Å². The number of benzene rings is 1. The number of halogens is 1. The zero-order valence-electron chi connectivity index (χ0n) is 14.3. The summed E-state index contributed by atoms with van der Waals surface area (Å²) in [6.07, 6.45) is 2.85. The number of unbranched alkanes of at least 4 members (excludes halogenated alkanes) is 1. The van der Waals surface area contributed by atoms with Crippen LogP contribution in [0, 0.1) is 0 Å². The SMILES string of the molecule is COc1cc(/C=C2\SC(=S)N(CCCCC(=O)O)C2=O)cc(Cl)c1OC. The number of amides is 1. The number of nitrogens with zero attached hydrogens (tertiary/aromatic N) is 1. The van der Waals surface area contributed by atoms with Crippen molar-refractivity contribution in [2.75, 3.05) is 20.8 Å². The molecule has 1 amide bonds. The second-order valence-corrected chi connectivity index (χ2v) is 7.51. The Morgan fingerprint density at radius 2 is 2.08 bits per heavy atom. The van der Waals surface area contributed by atoms with Crippen LogP contribution in [-0.2, 0) is 9.59 Å². The summed E-state index contributed by atoms with van der Waals surface area (Å²) >= 11 is 12.7. The zero-order chi connectivity index (χ0) is 19.3. The van der Waals surface area contributed by atoms with Crippen LogP contribution < -0.4 is 9.47 Å². The minimum Gasteiger partial charge on any atom is -0.493 e. The number of carboxylic acid groups (broad SMARTS) is 1. The van der Waals surface area contributed by atoms with Gasteiger partial charge in [-0.3, -0.25) is 14.5 Å². The second kappa shape index (κ2) is 9.25. The van der Waals surface area contributed by atoms with Gasteiger partial charge in [-0.2, -0.15) is 0 Å². The predicted molar refractivity (Wildman–Crippen MR) is 106 cm³/mol. The normalized spacial score (nSPS) is 15.7. The first-order valence-electron chi connectivity index (χ1n) is 7.76. The molecule has 1 aliphatic rings. The molecule has 140 valence electrons. The lowest BCUT2D eigenvalue weighted by Crippen LogP contribution is -2.29. The van der Waals surface area contributed by atoms with E-state index in [1.54, 1.807) is 18.2 Å². The van der Waals surface area contributed by atoms with Crippen LogP contribution in [0.3, 0.4) is 0 Å². The van der Waals surface area contributed by atoms with E-state index >= 15 is 0 Å². The fourth-order valence-electron chi connectivity index (χ4n) is 2.41. The molecular formula is C17H18ClNO5S2. The Morgan fingerprint density at radius 3 is 2.69 bits per heavy atom. The number of rotatable bonds is 8. The number of carbonyl (C=O) groups excluding carboxylic acids is 1. The van der Waals surface area contributed by atoms with E-state index in [1.165, 1.54) is 30.9 Å². The van der Waals surface area contributed by atoms with Crippen LogP contribution in [0.5, 0.6) is 11.5 Å². The topological polar surface area (TPSA) is 76.1 Å². The maximum absolute atomic E-state index is 12.6. The average Bonchev–Trinajstić information content (AvgIpc) is 2.84. The Hall–Kier alpha value is -1.77. The second-order valence-electron chi connectivity index (χ2n) is 5.42. The van der Waals surface area contributed by atoms with Gasteiger partial charge in [-0.25, -0.2) is 0 Å². The number of aliphatic carboxylic acids is 1. The summed E-state index contributed by atoms with van der Waals surface area (Å²) in [6.45, 7) is 0.405. The van der Waals surface area contributed by atoms with Crippen molar-refractivity contribution in [3.05, 3.63) is 27.6 Å². The Morgan fingerprint density at radius 1 is 1.35 bits per heavy atom. The molecule has 1 aliphatic heterocycles. The van der Waals surface area contributed by atoms with Crippen molar-refractivity contribution in [3.8, 4) is 11.5 Å². The molecule has 0 bridgehead atoms. The zero-order valence-corrected chi connectivity index (χ0v) is 16.7. The Kier molecular flexibility index (Phi) is 7.31. The third-order valence-corrected chi connectivity index (χ3v) is 5.31. The summed E-state index contributed by atoms with van der Waals surface area (Å²) in [5.74, 6) is -0.144. The van der Waals surface area contributed by atoms with Crippen molar-refractivity contribution < 1.29 is 24.2 Å². The number of ether oxygens (including phenoxy) is 2. The Balaban J connectivity index is 2.14. The van der Waals surface area contributed by atoms with Crippen molar-refractivity contribution >= 4 is 57.9 Å². The lowest BCUT2D eigenvalue weighted by molar-refractivity contribution is -0.137. The number of hydrogen-bond donors (Lipinski definition) is 1. The van der Waals surface area contributed by atoms with Crippen molar-refractivity contribution in [2.45, 2.75) is 19.3 Å². The molecule has 1 fully saturated rings. The minimum absolute atomic E-state index is 0.0781. The molecule has 0 unspecified atom stereocenters. The van der Waals surface area contributed by atoms with E-state index in [-0.39, 0.29) is 12.3 Å².